The van der Waals surface area contributed by atoms with Crippen LogP contribution in [-0.2, 0) is 4.74 Å². The minimum absolute atomic E-state index is 0.604. The van der Waals surface area contributed by atoms with Gasteiger partial charge in [-0.15, -0.1) is 0 Å². The van der Waals surface area contributed by atoms with Gasteiger partial charge in [0.15, 0.2) is 0 Å². The highest BCUT2D eigenvalue weighted by Crippen LogP contribution is 2.58. The molecule has 0 aliphatic heterocycles. The van der Waals surface area contributed by atoms with E-state index in [4.69, 9.17) is 9.84 Å². The first-order valence-electron chi connectivity index (χ1n) is 4.32. The molecule has 0 bridgehead atoms. The summed E-state index contributed by atoms with van der Waals surface area (Å²) in [5.41, 5.74) is 0.792. The highest BCUT2D eigenvalue weighted by molar-refractivity contribution is 4.99. The van der Waals surface area contributed by atoms with Crippen LogP contribution in [0.15, 0.2) is 0 Å². The number of aliphatic hydroxyl groups is 1. The lowest BCUT2D eigenvalue weighted by Gasteiger charge is -2.05. The normalized spacial score (nSPS) is 31.4. The van der Waals surface area contributed by atoms with Crippen molar-refractivity contribution in [2.24, 2.45) is 5.41 Å². The van der Waals surface area contributed by atoms with E-state index in [2.05, 4.69) is 0 Å². The predicted octanol–water partition coefficient (Wildman–Crippen LogP) is 1.57. The zero-order valence-corrected chi connectivity index (χ0v) is 7.47. The van der Waals surface area contributed by atoms with Gasteiger partial charge in [-0.1, -0.05) is 0 Å². The molecule has 0 aromatic heterocycles. The van der Waals surface area contributed by atoms with Gasteiger partial charge in [-0.3, -0.25) is 0 Å². The van der Waals surface area contributed by atoms with E-state index in [0.29, 0.717) is 6.10 Å². The van der Waals surface area contributed by atoms with Crippen molar-refractivity contribution in [3.63, 3.8) is 0 Å². The molecular weight excluding hydrogens is 140 g/mol. The number of methoxy groups -OCH3 is 1. The van der Waals surface area contributed by atoms with Gasteiger partial charge in [0.2, 0.25) is 0 Å². The van der Waals surface area contributed by atoms with E-state index in [1.54, 1.807) is 0 Å². The van der Waals surface area contributed by atoms with Crippen molar-refractivity contribution in [2.75, 3.05) is 14.2 Å². The van der Waals surface area contributed by atoms with E-state index in [0.717, 1.165) is 12.5 Å². The van der Waals surface area contributed by atoms with Crippen LogP contribution in [-0.4, -0.2) is 25.4 Å². The van der Waals surface area contributed by atoms with Crippen LogP contribution < -0.4 is 0 Å². The monoisotopic (exact) mass is 158 g/mol. The van der Waals surface area contributed by atoms with Gasteiger partial charge in [-0.2, -0.15) is 0 Å². The van der Waals surface area contributed by atoms with Crippen LogP contribution in [0.1, 0.15) is 32.1 Å². The first-order chi connectivity index (χ1) is 5.35. The van der Waals surface area contributed by atoms with Gasteiger partial charge in [0.25, 0.3) is 0 Å². The van der Waals surface area contributed by atoms with Gasteiger partial charge < -0.3 is 9.84 Å². The van der Waals surface area contributed by atoms with Gasteiger partial charge in [-0.25, -0.2) is 0 Å². The van der Waals surface area contributed by atoms with Crippen LogP contribution in [0.5, 0.6) is 0 Å². The molecule has 2 nitrogen and oxygen atoms in total. The summed E-state index contributed by atoms with van der Waals surface area (Å²) < 4.78 is 5.29. The number of hydrogen-bond donors (Lipinski definition) is 1. The highest BCUT2D eigenvalue weighted by Gasteiger charge is 2.48. The minimum Gasteiger partial charge on any atom is -0.400 e. The number of rotatable bonds is 1. The van der Waals surface area contributed by atoms with Crippen LogP contribution in [0.25, 0.3) is 0 Å². The molecule has 11 heavy (non-hydrogen) atoms. The molecule has 2 fully saturated rings. The first-order valence-corrected chi connectivity index (χ1v) is 4.32. The third-order valence-electron chi connectivity index (χ3n) is 2.95. The van der Waals surface area contributed by atoms with Gasteiger partial charge in [0, 0.05) is 14.2 Å². The van der Waals surface area contributed by atoms with Crippen LogP contribution in [0, 0.1) is 5.41 Å². The lowest BCUT2D eigenvalue weighted by Crippen LogP contribution is -2.04. The maximum absolute atomic E-state index is 7.00. The fourth-order valence-corrected chi connectivity index (χ4v) is 1.99. The van der Waals surface area contributed by atoms with Crippen LogP contribution in [0.2, 0.25) is 0 Å². The summed E-state index contributed by atoms with van der Waals surface area (Å²) in [6, 6.07) is 0. The molecule has 2 heteroatoms. The van der Waals surface area contributed by atoms with Crippen LogP contribution >= 0.6 is 0 Å². The highest BCUT2D eigenvalue weighted by atomic mass is 16.5. The quantitative estimate of drug-likeness (QED) is 0.627. The van der Waals surface area contributed by atoms with Gasteiger partial charge in [-0.05, 0) is 37.5 Å². The molecule has 66 valence electrons. The standard InChI is InChI=1S/C8H14O.CH4O/c1-9-7-2-3-8(6-7)4-5-8;1-2/h7H,2-6H2,1H3;2H,1H3. The molecule has 1 spiro atoms. The number of aliphatic hydroxyl groups excluding tert-OH is 1. The smallest absolute Gasteiger partial charge is 0.0576 e. The third-order valence-corrected chi connectivity index (χ3v) is 2.95. The molecule has 0 saturated heterocycles. The van der Waals surface area contributed by atoms with Gasteiger partial charge in [0.05, 0.1) is 6.10 Å². The Labute approximate surface area is 68.6 Å². The van der Waals surface area contributed by atoms with Crippen molar-refractivity contribution in [2.45, 2.75) is 38.2 Å². The molecule has 0 radical (unpaired) electrons. The Morgan fingerprint density at radius 2 is 1.91 bits per heavy atom. The molecule has 0 aromatic rings. The Morgan fingerprint density at radius 3 is 2.18 bits per heavy atom. The predicted molar refractivity (Wildman–Crippen MR) is 44.5 cm³/mol. The second-order valence-electron chi connectivity index (χ2n) is 3.60. The Kier molecular flexibility index (Phi) is 2.90. The summed E-state index contributed by atoms with van der Waals surface area (Å²) in [6.45, 7) is 0. The van der Waals surface area contributed by atoms with Crippen molar-refractivity contribution >= 4 is 0 Å². The maximum atomic E-state index is 7.00. The summed E-state index contributed by atoms with van der Waals surface area (Å²) in [6.07, 6.45) is 7.66. The number of ether oxygens (including phenoxy) is 1. The molecule has 2 saturated carbocycles. The lowest BCUT2D eigenvalue weighted by molar-refractivity contribution is 0.104. The largest absolute Gasteiger partial charge is 0.400 e. The Morgan fingerprint density at radius 1 is 1.27 bits per heavy atom. The summed E-state index contributed by atoms with van der Waals surface area (Å²) in [7, 11) is 2.84. The van der Waals surface area contributed by atoms with E-state index in [1.165, 1.54) is 32.1 Å². The zero-order chi connectivity index (χ0) is 8.32. The average molecular weight is 158 g/mol. The molecule has 1 atom stereocenters. The van der Waals surface area contributed by atoms with Crippen LogP contribution in [0.4, 0.5) is 0 Å². The Balaban J connectivity index is 0.000000281. The van der Waals surface area contributed by atoms with Crippen molar-refractivity contribution in [3.8, 4) is 0 Å². The second-order valence-corrected chi connectivity index (χ2v) is 3.60. The molecule has 2 aliphatic carbocycles. The van der Waals surface area contributed by atoms with Crippen LogP contribution in [0.3, 0.4) is 0 Å². The molecule has 0 aromatic carbocycles. The Hall–Kier alpha value is -0.0800. The molecule has 0 heterocycles. The summed E-state index contributed by atoms with van der Waals surface area (Å²) in [4.78, 5) is 0. The van der Waals surface area contributed by atoms with E-state index in [9.17, 15) is 0 Å². The fraction of sp³-hybridized carbons (Fsp3) is 1.00. The molecule has 2 rings (SSSR count). The SMILES string of the molecule is CO.COC1CCC2(CC2)C1. The molecule has 2 aliphatic rings. The Bertz CT molecular complexity index is 119. The van der Waals surface area contributed by atoms with Crippen molar-refractivity contribution in [3.05, 3.63) is 0 Å². The maximum Gasteiger partial charge on any atom is 0.0576 e. The molecule has 1 unspecified atom stereocenters. The number of hydrogen-bond acceptors (Lipinski definition) is 2. The lowest BCUT2D eigenvalue weighted by atomic mass is 10.1. The van der Waals surface area contributed by atoms with Crippen molar-refractivity contribution < 1.29 is 9.84 Å². The average Bonchev–Trinajstić information content (AvgIpc) is 2.67. The molecular formula is C9H18O2. The third kappa shape index (κ3) is 1.94. The van der Waals surface area contributed by atoms with Crippen molar-refractivity contribution in [1.82, 2.24) is 0 Å². The minimum atomic E-state index is 0.604. The van der Waals surface area contributed by atoms with Gasteiger partial charge >= 0.3 is 0 Å². The molecule has 0 amide bonds. The second kappa shape index (κ2) is 3.55. The van der Waals surface area contributed by atoms with E-state index in [-0.39, 0.29) is 0 Å². The fourth-order valence-electron chi connectivity index (χ4n) is 1.99. The summed E-state index contributed by atoms with van der Waals surface area (Å²) in [5, 5.41) is 7.00. The summed E-state index contributed by atoms with van der Waals surface area (Å²) >= 11 is 0. The molecule has 1 N–H and O–H groups in total. The first kappa shape index (κ1) is 9.01. The van der Waals surface area contributed by atoms with E-state index in [1.807, 2.05) is 7.11 Å². The van der Waals surface area contributed by atoms with E-state index >= 15 is 0 Å². The topological polar surface area (TPSA) is 29.5 Å². The van der Waals surface area contributed by atoms with Gasteiger partial charge in [0.1, 0.15) is 0 Å². The summed E-state index contributed by atoms with van der Waals surface area (Å²) in [5.74, 6) is 0. The van der Waals surface area contributed by atoms with Crippen molar-refractivity contribution in [1.29, 1.82) is 0 Å². The van der Waals surface area contributed by atoms with E-state index < -0.39 is 0 Å². The zero-order valence-electron chi connectivity index (χ0n) is 7.47.